The van der Waals surface area contributed by atoms with Gasteiger partial charge in [-0.1, -0.05) is 186 Å². The quantitative estimate of drug-likeness (QED) is 0.0266. The summed E-state index contributed by atoms with van der Waals surface area (Å²) in [5.41, 5.74) is 5.35. The van der Waals surface area contributed by atoms with E-state index in [4.69, 9.17) is 24.3 Å². The molecule has 2 atom stereocenters. The van der Waals surface area contributed by atoms with E-state index >= 15 is 0 Å². The number of rotatable bonds is 42. The molecule has 0 heterocycles. The number of hydrogen-bond donors (Lipinski definition) is 2. The molecule has 0 aliphatic rings. The highest BCUT2D eigenvalue weighted by Crippen LogP contribution is 2.43. The average Bonchev–Trinajstić information content (AvgIpc) is 3.27. The molecule has 0 aromatic carbocycles. The number of esters is 2. The van der Waals surface area contributed by atoms with Gasteiger partial charge in [0.2, 0.25) is 0 Å². The molecule has 0 radical (unpaired) electrons. The smallest absolute Gasteiger partial charge is 0.461 e. The molecule has 0 aliphatic heterocycles. The highest BCUT2D eigenvalue weighted by Gasteiger charge is 2.25. The molecule has 9 nitrogen and oxygen atoms in total. The first-order valence-corrected chi connectivity index (χ1v) is 25.2. The fourth-order valence-electron chi connectivity index (χ4n) is 5.65. The largest absolute Gasteiger partial charge is 0.472 e. The van der Waals surface area contributed by atoms with Gasteiger partial charge in [-0.2, -0.15) is 0 Å². The van der Waals surface area contributed by atoms with Crippen LogP contribution in [-0.2, 0) is 32.7 Å². The molecule has 63 heavy (non-hydrogen) atoms. The Labute approximate surface area is 383 Å². The molecular formula is C53H84NO8P. The molecule has 354 valence electrons. The lowest BCUT2D eigenvalue weighted by atomic mass is 10.1. The van der Waals surface area contributed by atoms with Crippen LogP contribution in [0.1, 0.15) is 155 Å². The van der Waals surface area contributed by atoms with Crippen molar-refractivity contribution in [2.45, 2.75) is 161 Å². The van der Waals surface area contributed by atoms with Crippen molar-refractivity contribution in [2.75, 3.05) is 26.4 Å². The van der Waals surface area contributed by atoms with Crippen LogP contribution < -0.4 is 5.73 Å². The zero-order valence-corrected chi connectivity index (χ0v) is 39.9. The van der Waals surface area contributed by atoms with Crippen molar-refractivity contribution in [3.05, 3.63) is 134 Å². The summed E-state index contributed by atoms with van der Waals surface area (Å²) < 4.78 is 32.7. The number of carbonyl (C=O) groups excluding carboxylic acids is 2. The molecule has 0 rings (SSSR count). The molecule has 0 saturated carbocycles. The zero-order valence-electron chi connectivity index (χ0n) is 39.0. The van der Waals surface area contributed by atoms with Crippen LogP contribution in [0.4, 0.5) is 0 Å². The number of nitrogens with two attached hydrogens (primary N) is 1. The Balaban J connectivity index is 4.21. The van der Waals surface area contributed by atoms with Crippen LogP contribution in [0.2, 0.25) is 0 Å². The lowest BCUT2D eigenvalue weighted by Crippen LogP contribution is -2.29. The van der Waals surface area contributed by atoms with E-state index in [2.05, 4.69) is 129 Å². The lowest BCUT2D eigenvalue weighted by Gasteiger charge is -2.19. The summed E-state index contributed by atoms with van der Waals surface area (Å²) in [5.74, 6) is -1.000. The molecule has 0 aliphatic carbocycles. The third kappa shape index (κ3) is 47.5. The van der Waals surface area contributed by atoms with Gasteiger partial charge < -0.3 is 20.1 Å². The summed E-state index contributed by atoms with van der Waals surface area (Å²) in [7, 11) is -4.41. The van der Waals surface area contributed by atoms with E-state index in [-0.39, 0.29) is 32.6 Å². The van der Waals surface area contributed by atoms with Gasteiger partial charge in [-0.05, 0) is 89.9 Å². The molecule has 0 aromatic rings. The fraction of sp³-hybridized carbons (Fsp3) is 0.547. The Morgan fingerprint density at radius 3 is 1.30 bits per heavy atom. The maximum atomic E-state index is 12.6. The summed E-state index contributed by atoms with van der Waals surface area (Å²) in [6.07, 6.45) is 66.6. The Hall–Kier alpha value is -3.85. The molecule has 0 bridgehead atoms. The number of unbranched alkanes of at least 4 members (excludes halogenated alkanes) is 8. The second kappa shape index (κ2) is 47.6. The van der Waals surface area contributed by atoms with Crippen LogP contribution in [0.5, 0.6) is 0 Å². The van der Waals surface area contributed by atoms with E-state index in [1.54, 1.807) is 6.08 Å². The van der Waals surface area contributed by atoms with Crippen LogP contribution in [0.3, 0.4) is 0 Å². The van der Waals surface area contributed by atoms with Crippen molar-refractivity contribution in [2.24, 2.45) is 5.73 Å². The third-order valence-corrected chi connectivity index (χ3v) is 10.0. The lowest BCUT2D eigenvalue weighted by molar-refractivity contribution is -0.160. The third-order valence-electron chi connectivity index (χ3n) is 9.06. The number of carbonyl (C=O) groups is 2. The first-order valence-electron chi connectivity index (χ1n) is 23.7. The van der Waals surface area contributed by atoms with Crippen molar-refractivity contribution >= 4 is 19.8 Å². The van der Waals surface area contributed by atoms with E-state index in [0.717, 1.165) is 89.9 Å². The normalized spacial score (nSPS) is 14.4. The van der Waals surface area contributed by atoms with E-state index in [1.165, 1.54) is 25.7 Å². The summed E-state index contributed by atoms with van der Waals surface area (Å²) in [5, 5.41) is 0. The predicted octanol–water partition coefficient (Wildman–Crippen LogP) is 14.3. The van der Waals surface area contributed by atoms with E-state index in [9.17, 15) is 19.0 Å². The summed E-state index contributed by atoms with van der Waals surface area (Å²) in [4.78, 5) is 34.9. The van der Waals surface area contributed by atoms with Crippen LogP contribution in [-0.4, -0.2) is 49.3 Å². The van der Waals surface area contributed by atoms with Gasteiger partial charge in [0.05, 0.1) is 19.6 Å². The van der Waals surface area contributed by atoms with E-state index < -0.39 is 32.5 Å². The predicted molar refractivity (Wildman–Crippen MR) is 265 cm³/mol. The van der Waals surface area contributed by atoms with Crippen molar-refractivity contribution < 1.29 is 37.6 Å². The van der Waals surface area contributed by atoms with Gasteiger partial charge >= 0.3 is 19.8 Å². The maximum absolute atomic E-state index is 12.6. The van der Waals surface area contributed by atoms with Gasteiger partial charge in [0.25, 0.3) is 0 Å². The fourth-order valence-corrected chi connectivity index (χ4v) is 6.42. The van der Waals surface area contributed by atoms with Gasteiger partial charge in [0.15, 0.2) is 6.10 Å². The monoisotopic (exact) mass is 894 g/mol. The highest BCUT2D eigenvalue weighted by atomic mass is 31.2. The molecule has 0 spiro atoms. The zero-order chi connectivity index (χ0) is 46.0. The minimum Gasteiger partial charge on any atom is -0.461 e. The Kier molecular flexibility index (Phi) is 44.7. The molecular weight excluding hydrogens is 810 g/mol. The molecule has 0 amide bonds. The standard InChI is InChI=1S/C53H84NO8P/c1-3-5-7-9-11-13-15-17-19-20-21-22-23-24-25-26-27-28-29-30-32-34-36-38-40-42-44-46-53(56)62-51(50-61-63(57,58)60-48-47-54)49-59-52(55)45-43-41-39-37-35-33-31-18-16-14-12-10-8-6-4-2/h5-8,11-14,17-19,21-22,24-25,27-28,31,35,37,41,43,51H,3-4,9-10,15-16,20,23,26,29-30,32-34,36,38-40,42,44-50,54H2,1-2H3,(H,57,58)/b7-5-,8-6-,13-11-,14-12-,19-17-,22-21-,25-24-,28-27-,31-18-,37-35-,43-41-. The highest BCUT2D eigenvalue weighted by molar-refractivity contribution is 7.47. The number of hydrogen-bond acceptors (Lipinski definition) is 8. The maximum Gasteiger partial charge on any atom is 0.472 e. The van der Waals surface area contributed by atoms with Crippen LogP contribution >= 0.6 is 7.82 Å². The SMILES string of the molecule is CC/C=C\C/C=C\C/C=C\C/C=C\C/C=C\C/C=C\CCCCCCCCCCC(=O)OC(COC(=O)C/C=C\C/C=C\C/C=C\C/C=C\C/C=C\CC)COP(=O)(O)OCCN. The van der Waals surface area contributed by atoms with E-state index in [1.807, 2.05) is 12.2 Å². The van der Waals surface area contributed by atoms with Crippen LogP contribution in [0.25, 0.3) is 0 Å². The van der Waals surface area contributed by atoms with Crippen LogP contribution in [0.15, 0.2) is 134 Å². The Morgan fingerprint density at radius 1 is 0.492 bits per heavy atom. The van der Waals surface area contributed by atoms with Gasteiger partial charge in [-0.25, -0.2) is 4.57 Å². The van der Waals surface area contributed by atoms with Crippen molar-refractivity contribution in [1.82, 2.24) is 0 Å². The van der Waals surface area contributed by atoms with E-state index in [0.29, 0.717) is 12.8 Å². The van der Waals surface area contributed by atoms with Crippen molar-refractivity contribution in [1.29, 1.82) is 0 Å². The Morgan fingerprint density at radius 2 is 0.873 bits per heavy atom. The molecule has 3 N–H and O–H groups in total. The number of phosphoric acid groups is 1. The number of phosphoric ester groups is 1. The average molecular weight is 894 g/mol. The summed E-state index contributed by atoms with van der Waals surface area (Å²) >= 11 is 0. The summed E-state index contributed by atoms with van der Waals surface area (Å²) in [6.45, 7) is 3.35. The Bertz CT molecular complexity index is 1480. The second-order valence-corrected chi connectivity index (χ2v) is 16.3. The van der Waals surface area contributed by atoms with Crippen molar-refractivity contribution in [3.63, 3.8) is 0 Å². The number of allylic oxidation sites excluding steroid dienone is 21. The molecule has 0 saturated heterocycles. The van der Waals surface area contributed by atoms with Crippen LogP contribution in [0, 0.1) is 0 Å². The molecule has 0 aromatic heterocycles. The first kappa shape index (κ1) is 59.1. The molecule has 2 unspecified atom stereocenters. The van der Waals surface area contributed by atoms with Gasteiger partial charge in [0.1, 0.15) is 6.61 Å². The van der Waals surface area contributed by atoms with Crippen molar-refractivity contribution in [3.8, 4) is 0 Å². The van der Waals surface area contributed by atoms with Gasteiger partial charge in [-0.3, -0.25) is 18.6 Å². The second-order valence-electron chi connectivity index (χ2n) is 14.9. The topological polar surface area (TPSA) is 134 Å². The molecule has 10 heteroatoms. The van der Waals surface area contributed by atoms with Gasteiger partial charge in [-0.15, -0.1) is 0 Å². The number of ether oxygens (including phenoxy) is 2. The minimum atomic E-state index is -4.41. The summed E-state index contributed by atoms with van der Waals surface area (Å²) in [6, 6.07) is 0. The molecule has 0 fully saturated rings. The van der Waals surface area contributed by atoms with Gasteiger partial charge in [0, 0.05) is 13.0 Å². The first-order chi connectivity index (χ1) is 30.8. The minimum absolute atomic E-state index is 0.0325.